The van der Waals surface area contributed by atoms with E-state index in [9.17, 15) is 9.90 Å². The van der Waals surface area contributed by atoms with Gasteiger partial charge < -0.3 is 15.2 Å². The number of aromatic carboxylic acids is 1. The van der Waals surface area contributed by atoms with E-state index < -0.39 is 5.97 Å². The van der Waals surface area contributed by atoms with Crippen LogP contribution in [-0.4, -0.2) is 13.0 Å². The van der Waals surface area contributed by atoms with Gasteiger partial charge in [0, 0.05) is 12.7 Å². The summed E-state index contributed by atoms with van der Waals surface area (Å²) in [6.07, 6.45) is 0. The fourth-order valence-electron chi connectivity index (χ4n) is 0.802. The lowest BCUT2D eigenvalue weighted by atomic mass is 10.2. The smallest absolute Gasteiger partial charge is 0.0716 e. The third-order valence-electron chi connectivity index (χ3n) is 1.39. The summed E-state index contributed by atoms with van der Waals surface area (Å²) in [5, 5.41) is 13.2. The van der Waals surface area contributed by atoms with E-state index in [2.05, 4.69) is 5.32 Å². The SMILES string of the molecule is CNc1cccc(C(=O)[O-])c1. The van der Waals surface area contributed by atoms with Crippen molar-refractivity contribution < 1.29 is 9.90 Å². The van der Waals surface area contributed by atoms with Gasteiger partial charge in [-0.1, -0.05) is 12.1 Å². The lowest BCUT2D eigenvalue weighted by Gasteiger charge is -2.04. The zero-order valence-corrected chi connectivity index (χ0v) is 6.13. The molecule has 0 unspecified atom stereocenters. The summed E-state index contributed by atoms with van der Waals surface area (Å²) < 4.78 is 0. The zero-order valence-electron chi connectivity index (χ0n) is 6.13. The topological polar surface area (TPSA) is 52.2 Å². The van der Waals surface area contributed by atoms with Gasteiger partial charge in [0.1, 0.15) is 0 Å². The van der Waals surface area contributed by atoms with E-state index in [1.165, 1.54) is 12.1 Å². The second kappa shape index (κ2) is 3.05. The van der Waals surface area contributed by atoms with E-state index in [1.54, 1.807) is 19.2 Å². The van der Waals surface area contributed by atoms with Crippen LogP contribution in [-0.2, 0) is 0 Å². The zero-order chi connectivity index (χ0) is 8.27. The van der Waals surface area contributed by atoms with Gasteiger partial charge in [0.25, 0.3) is 0 Å². The number of hydrogen-bond acceptors (Lipinski definition) is 3. The fraction of sp³-hybridized carbons (Fsp3) is 0.125. The molecule has 0 fully saturated rings. The monoisotopic (exact) mass is 150 g/mol. The van der Waals surface area contributed by atoms with Crippen molar-refractivity contribution in [3.63, 3.8) is 0 Å². The highest BCUT2D eigenvalue weighted by Gasteiger charge is 1.92. The first-order chi connectivity index (χ1) is 5.24. The second-order valence-corrected chi connectivity index (χ2v) is 2.12. The molecule has 0 saturated heterocycles. The van der Waals surface area contributed by atoms with E-state index in [-0.39, 0.29) is 5.56 Å². The summed E-state index contributed by atoms with van der Waals surface area (Å²) in [6, 6.07) is 6.47. The summed E-state index contributed by atoms with van der Waals surface area (Å²) in [4.78, 5) is 10.3. The number of carboxylic acids is 1. The average molecular weight is 150 g/mol. The second-order valence-electron chi connectivity index (χ2n) is 2.12. The van der Waals surface area contributed by atoms with Gasteiger partial charge in [0.05, 0.1) is 5.97 Å². The minimum Gasteiger partial charge on any atom is -0.545 e. The summed E-state index contributed by atoms with van der Waals surface area (Å²) >= 11 is 0. The molecule has 0 aliphatic rings. The molecule has 0 amide bonds. The van der Waals surface area contributed by atoms with Crippen LogP contribution in [0.3, 0.4) is 0 Å². The molecule has 11 heavy (non-hydrogen) atoms. The van der Waals surface area contributed by atoms with Gasteiger partial charge in [0.15, 0.2) is 0 Å². The van der Waals surface area contributed by atoms with Crippen molar-refractivity contribution in [3.05, 3.63) is 29.8 Å². The van der Waals surface area contributed by atoms with Crippen LogP contribution >= 0.6 is 0 Å². The third-order valence-corrected chi connectivity index (χ3v) is 1.39. The lowest BCUT2D eigenvalue weighted by molar-refractivity contribution is -0.255. The van der Waals surface area contributed by atoms with E-state index in [1.807, 2.05) is 0 Å². The number of carbonyl (C=O) groups is 1. The van der Waals surface area contributed by atoms with Gasteiger partial charge in [-0.25, -0.2) is 0 Å². The van der Waals surface area contributed by atoms with Crippen LogP contribution in [0, 0.1) is 0 Å². The molecule has 0 bridgehead atoms. The minimum absolute atomic E-state index is 0.192. The normalized spacial score (nSPS) is 9.18. The van der Waals surface area contributed by atoms with Crippen molar-refractivity contribution >= 4 is 11.7 Å². The van der Waals surface area contributed by atoms with Crippen LogP contribution in [0.1, 0.15) is 10.4 Å². The molecule has 1 aromatic rings. The van der Waals surface area contributed by atoms with Gasteiger partial charge in [-0.2, -0.15) is 0 Å². The van der Waals surface area contributed by atoms with E-state index in [4.69, 9.17) is 0 Å². The Morgan fingerprint density at radius 3 is 2.82 bits per heavy atom. The molecule has 0 atom stereocenters. The molecule has 0 aromatic heterocycles. The van der Waals surface area contributed by atoms with Gasteiger partial charge in [-0.05, 0) is 17.7 Å². The molecule has 0 aliphatic carbocycles. The Labute approximate surface area is 64.7 Å². The molecular formula is C8H8NO2-. The predicted molar refractivity (Wildman–Crippen MR) is 40.3 cm³/mol. The third kappa shape index (κ3) is 1.70. The Bertz CT molecular complexity index is 271. The Hall–Kier alpha value is -1.51. The van der Waals surface area contributed by atoms with Crippen molar-refractivity contribution in [2.45, 2.75) is 0 Å². The van der Waals surface area contributed by atoms with E-state index >= 15 is 0 Å². The molecule has 1 rings (SSSR count). The number of benzene rings is 1. The van der Waals surface area contributed by atoms with Gasteiger partial charge >= 0.3 is 0 Å². The van der Waals surface area contributed by atoms with E-state index in [0.29, 0.717) is 0 Å². The molecule has 0 aliphatic heterocycles. The first kappa shape index (κ1) is 7.60. The van der Waals surface area contributed by atoms with Gasteiger partial charge in [-0.15, -0.1) is 0 Å². The summed E-state index contributed by atoms with van der Waals surface area (Å²) in [6.45, 7) is 0. The number of carboxylic acid groups (broad SMARTS) is 1. The summed E-state index contributed by atoms with van der Waals surface area (Å²) in [5.74, 6) is -1.15. The maximum atomic E-state index is 10.3. The Morgan fingerprint density at radius 2 is 2.27 bits per heavy atom. The van der Waals surface area contributed by atoms with Crippen LogP contribution in [0.2, 0.25) is 0 Å². The van der Waals surface area contributed by atoms with Crippen LogP contribution in [0.15, 0.2) is 24.3 Å². The maximum Gasteiger partial charge on any atom is 0.0716 e. The van der Waals surface area contributed by atoms with Crippen molar-refractivity contribution in [3.8, 4) is 0 Å². The van der Waals surface area contributed by atoms with Crippen molar-refractivity contribution in [2.24, 2.45) is 0 Å². The number of rotatable bonds is 2. The molecular weight excluding hydrogens is 142 g/mol. The predicted octanol–water partition coefficient (Wildman–Crippen LogP) is 0.0918. The van der Waals surface area contributed by atoms with Crippen LogP contribution in [0.4, 0.5) is 5.69 Å². The van der Waals surface area contributed by atoms with Crippen molar-refractivity contribution in [1.82, 2.24) is 0 Å². The number of carbonyl (C=O) groups excluding carboxylic acids is 1. The highest BCUT2D eigenvalue weighted by molar-refractivity contribution is 5.86. The molecule has 3 nitrogen and oxygen atoms in total. The Balaban J connectivity index is 3.01. The summed E-state index contributed by atoms with van der Waals surface area (Å²) in [7, 11) is 1.73. The summed E-state index contributed by atoms with van der Waals surface area (Å²) in [5.41, 5.74) is 0.962. The fourth-order valence-corrected chi connectivity index (χ4v) is 0.802. The molecule has 58 valence electrons. The molecule has 3 heteroatoms. The van der Waals surface area contributed by atoms with Crippen LogP contribution in [0.5, 0.6) is 0 Å². The molecule has 0 heterocycles. The van der Waals surface area contributed by atoms with Crippen LogP contribution in [0.25, 0.3) is 0 Å². The van der Waals surface area contributed by atoms with Gasteiger partial charge in [-0.3, -0.25) is 0 Å². The average Bonchev–Trinajstić information content (AvgIpc) is 2.05. The highest BCUT2D eigenvalue weighted by atomic mass is 16.4. The number of hydrogen-bond donors (Lipinski definition) is 1. The molecule has 0 radical (unpaired) electrons. The lowest BCUT2D eigenvalue weighted by Crippen LogP contribution is -2.22. The maximum absolute atomic E-state index is 10.3. The molecule has 1 aromatic carbocycles. The molecule has 0 spiro atoms. The Kier molecular flexibility index (Phi) is 2.11. The highest BCUT2D eigenvalue weighted by Crippen LogP contribution is 2.08. The first-order valence-electron chi connectivity index (χ1n) is 3.23. The quantitative estimate of drug-likeness (QED) is 0.650. The van der Waals surface area contributed by atoms with Crippen LogP contribution < -0.4 is 10.4 Å². The van der Waals surface area contributed by atoms with Gasteiger partial charge in [0.2, 0.25) is 0 Å². The molecule has 0 saturated carbocycles. The standard InChI is InChI=1S/C8H9NO2/c1-9-7-4-2-3-6(5-7)8(10)11/h2-5,9H,1H3,(H,10,11)/p-1. The number of nitrogens with one attached hydrogen (secondary N) is 1. The largest absolute Gasteiger partial charge is 0.545 e. The van der Waals surface area contributed by atoms with Crippen molar-refractivity contribution in [1.29, 1.82) is 0 Å². The molecule has 1 N–H and O–H groups in total. The Morgan fingerprint density at radius 1 is 1.55 bits per heavy atom. The van der Waals surface area contributed by atoms with Crippen molar-refractivity contribution in [2.75, 3.05) is 12.4 Å². The number of anilines is 1. The minimum atomic E-state index is -1.15. The first-order valence-corrected chi connectivity index (χ1v) is 3.23. The van der Waals surface area contributed by atoms with E-state index in [0.717, 1.165) is 5.69 Å².